The Hall–Kier alpha value is -4.34. The van der Waals surface area contributed by atoms with Gasteiger partial charge in [-0.25, -0.2) is 0 Å². The van der Waals surface area contributed by atoms with Crippen molar-refractivity contribution in [1.82, 2.24) is 9.80 Å². The zero-order valence-corrected chi connectivity index (χ0v) is 27.0. The second kappa shape index (κ2) is 15.8. The average Bonchev–Trinajstić information content (AvgIpc) is 3.33. The molecule has 0 spiro atoms. The Labute approximate surface area is 271 Å². The van der Waals surface area contributed by atoms with E-state index in [1.165, 1.54) is 0 Å². The molecule has 2 fully saturated rings. The summed E-state index contributed by atoms with van der Waals surface area (Å²) in [6.45, 7) is 9.26. The first-order chi connectivity index (χ1) is 22.4. The zero-order chi connectivity index (χ0) is 32.5. The molecule has 244 valence electrons. The average molecular weight is 629 g/mol. The van der Waals surface area contributed by atoms with Crippen LogP contribution < -0.4 is 14.2 Å². The van der Waals surface area contributed by atoms with Gasteiger partial charge in [0.05, 0.1) is 38.5 Å². The van der Waals surface area contributed by atoms with E-state index >= 15 is 0 Å². The molecule has 0 saturated carbocycles. The van der Waals surface area contributed by atoms with E-state index in [0.717, 1.165) is 43.6 Å². The van der Waals surface area contributed by atoms with Gasteiger partial charge in [-0.1, -0.05) is 49.2 Å². The SMILES string of the molecule is CCCCOc1ccc(C2C(=C(O)c3ccc(OCc4cccc(C)c4)cc3)C(=O)C(=O)N2CCCN2CCOCC2)cc1OC. The van der Waals surface area contributed by atoms with Crippen LogP contribution in [0.1, 0.15) is 54.5 Å². The molecular formula is C37H44N2O7. The summed E-state index contributed by atoms with van der Waals surface area (Å²) in [4.78, 5) is 31.0. The van der Waals surface area contributed by atoms with Gasteiger partial charge in [-0.2, -0.15) is 0 Å². The predicted octanol–water partition coefficient (Wildman–Crippen LogP) is 5.91. The fourth-order valence-corrected chi connectivity index (χ4v) is 5.88. The highest BCUT2D eigenvalue weighted by Gasteiger charge is 2.46. The quantitative estimate of drug-likeness (QED) is 0.102. The number of methoxy groups -OCH3 is 1. The minimum atomic E-state index is -0.791. The van der Waals surface area contributed by atoms with Crippen LogP contribution in [0.3, 0.4) is 0 Å². The number of ketones is 1. The Kier molecular flexibility index (Phi) is 11.3. The van der Waals surface area contributed by atoms with Crippen LogP contribution in [-0.4, -0.2) is 79.7 Å². The summed E-state index contributed by atoms with van der Waals surface area (Å²) in [7, 11) is 1.56. The van der Waals surface area contributed by atoms with Gasteiger partial charge < -0.3 is 29.0 Å². The lowest BCUT2D eigenvalue weighted by Gasteiger charge is -2.29. The number of aryl methyl sites for hydroxylation is 1. The summed E-state index contributed by atoms with van der Waals surface area (Å²) >= 11 is 0. The lowest BCUT2D eigenvalue weighted by atomic mass is 9.95. The van der Waals surface area contributed by atoms with Crippen LogP contribution in [-0.2, 0) is 20.9 Å². The van der Waals surface area contributed by atoms with Crippen molar-refractivity contribution in [3.8, 4) is 17.2 Å². The smallest absolute Gasteiger partial charge is 0.295 e. The van der Waals surface area contributed by atoms with Gasteiger partial charge in [-0.3, -0.25) is 14.5 Å². The normalized spacial score (nSPS) is 18.2. The number of amides is 1. The maximum atomic E-state index is 13.6. The standard InChI is InChI=1S/C37H44N2O7/c1-4-5-20-45-31-15-12-29(24-32(31)43-3)34-33(36(41)37(42)39(34)17-7-16-38-18-21-44-22-19-38)35(40)28-10-13-30(14-11-28)46-25-27-9-6-8-26(2)23-27/h6,8-15,23-24,34,40H,4-5,7,16-22,25H2,1-3H3. The topological polar surface area (TPSA) is 97.8 Å². The Morgan fingerprint density at radius 2 is 1.72 bits per heavy atom. The van der Waals surface area contributed by atoms with Crippen molar-refractivity contribution < 1.29 is 33.6 Å². The van der Waals surface area contributed by atoms with Crippen molar-refractivity contribution in [1.29, 1.82) is 0 Å². The Balaban J connectivity index is 1.43. The summed E-state index contributed by atoms with van der Waals surface area (Å²) in [5, 5.41) is 11.6. The van der Waals surface area contributed by atoms with Crippen molar-refractivity contribution in [3.05, 3.63) is 94.6 Å². The number of ether oxygens (including phenoxy) is 4. The third-order valence-corrected chi connectivity index (χ3v) is 8.39. The van der Waals surface area contributed by atoms with Crippen LogP contribution >= 0.6 is 0 Å². The van der Waals surface area contributed by atoms with Gasteiger partial charge in [0, 0.05) is 31.7 Å². The van der Waals surface area contributed by atoms with Gasteiger partial charge in [0.15, 0.2) is 11.5 Å². The van der Waals surface area contributed by atoms with Crippen LogP contribution in [0.2, 0.25) is 0 Å². The Morgan fingerprint density at radius 1 is 0.935 bits per heavy atom. The number of likely N-dealkylation sites (tertiary alicyclic amines) is 1. The van der Waals surface area contributed by atoms with Crippen molar-refractivity contribution in [2.75, 3.05) is 53.1 Å². The molecule has 3 aromatic rings. The summed E-state index contributed by atoms with van der Waals surface area (Å²) in [6, 6.07) is 19.7. The highest BCUT2D eigenvalue weighted by atomic mass is 16.5. The second-order valence-electron chi connectivity index (χ2n) is 11.7. The largest absolute Gasteiger partial charge is 0.507 e. The number of morpholine rings is 1. The minimum Gasteiger partial charge on any atom is -0.507 e. The van der Waals surface area contributed by atoms with E-state index in [0.29, 0.717) is 67.8 Å². The van der Waals surface area contributed by atoms with Crippen molar-refractivity contribution in [2.45, 2.75) is 45.8 Å². The lowest BCUT2D eigenvalue weighted by Crippen LogP contribution is -2.39. The maximum absolute atomic E-state index is 13.6. The van der Waals surface area contributed by atoms with Crippen LogP contribution in [0.25, 0.3) is 5.76 Å². The first kappa shape index (κ1) is 33.0. The van der Waals surface area contributed by atoms with Gasteiger partial charge in [-0.15, -0.1) is 0 Å². The van der Waals surface area contributed by atoms with Crippen LogP contribution in [0.15, 0.2) is 72.3 Å². The number of hydrogen-bond acceptors (Lipinski definition) is 8. The monoisotopic (exact) mass is 628 g/mol. The molecule has 0 radical (unpaired) electrons. The zero-order valence-electron chi connectivity index (χ0n) is 27.0. The molecule has 1 N–H and O–H groups in total. The molecule has 0 aromatic heterocycles. The lowest BCUT2D eigenvalue weighted by molar-refractivity contribution is -0.140. The molecule has 2 aliphatic heterocycles. The molecular weight excluding hydrogens is 584 g/mol. The number of Topliss-reactive ketones (excluding diaryl/α,β-unsaturated/α-hetero) is 1. The van der Waals surface area contributed by atoms with Gasteiger partial charge >= 0.3 is 0 Å². The first-order valence-electron chi connectivity index (χ1n) is 16.1. The molecule has 9 nitrogen and oxygen atoms in total. The molecule has 0 bridgehead atoms. The molecule has 9 heteroatoms. The number of unbranched alkanes of at least 4 members (excludes halogenated alkanes) is 1. The fourth-order valence-electron chi connectivity index (χ4n) is 5.88. The molecule has 2 aliphatic rings. The summed E-state index contributed by atoms with van der Waals surface area (Å²) in [5.74, 6) is 0.144. The molecule has 0 aliphatic carbocycles. The number of nitrogens with zero attached hydrogens (tertiary/aromatic N) is 2. The van der Waals surface area contributed by atoms with E-state index in [4.69, 9.17) is 18.9 Å². The molecule has 1 unspecified atom stereocenters. The summed E-state index contributed by atoms with van der Waals surface area (Å²) in [5.41, 5.74) is 3.34. The third-order valence-electron chi connectivity index (χ3n) is 8.39. The summed E-state index contributed by atoms with van der Waals surface area (Å²) < 4.78 is 23.0. The molecule has 1 atom stereocenters. The highest BCUT2D eigenvalue weighted by Crippen LogP contribution is 2.42. The van der Waals surface area contributed by atoms with E-state index < -0.39 is 17.7 Å². The number of carbonyl (C=O) groups excluding carboxylic acids is 2. The van der Waals surface area contributed by atoms with Gasteiger partial charge in [0.25, 0.3) is 11.7 Å². The van der Waals surface area contributed by atoms with Crippen molar-refractivity contribution in [3.63, 3.8) is 0 Å². The maximum Gasteiger partial charge on any atom is 0.295 e. The van der Waals surface area contributed by atoms with Crippen LogP contribution in [0, 0.1) is 6.92 Å². The highest BCUT2D eigenvalue weighted by molar-refractivity contribution is 6.46. The number of carbonyl (C=O) groups is 2. The molecule has 3 aromatic carbocycles. The van der Waals surface area contributed by atoms with E-state index in [1.807, 2.05) is 31.2 Å². The number of rotatable bonds is 14. The van der Waals surface area contributed by atoms with Crippen molar-refractivity contribution >= 4 is 17.4 Å². The third kappa shape index (κ3) is 7.89. The Morgan fingerprint density at radius 3 is 2.43 bits per heavy atom. The van der Waals surface area contributed by atoms with Gasteiger partial charge in [-0.05, 0) is 67.3 Å². The second-order valence-corrected chi connectivity index (χ2v) is 11.7. The Bertz CT molecular complexity index is 1530. The molecule has 46 heavy (non-hydrogen) atoms. The predicted molar refractivity (Wildman–Crippen MR) is 176 cm³/mol. The number of benzene rings is 3. The number of aliphatic hydroxyl groups is 1. The van der Waals surface area contributed by atoms with E-state index in [9.17, 15) is 14.7 Å². The van der Waals surface area contributed by atoms with Gasteiger partial charge in [0.2, 0.25) is 0 Å². The first-order valence-corrected chi connectivity index (χ1v) is 16.1. The van der Waals surface area contributed by atoms with Gasteiger partial charge in [0.1, 0.15) is 18.1 Å². The minimum absolute atomic E-state index is 0.0477. The van der Waals surface area contributed by atoms with Crippen LogP contribution in [0.4, 0.5) is 0 Å². The van der Waals surface area contributed by atoms with E-state index in [2.05, 4.69) is 17.9 Å². The summed E-state index contributed by atoms with van der Waals surface area (Å²) in [6.07, 6.45) is 2.58. The van der Waals surface area contributed by atoms with E-state index in [1.54, 1.807) is 48.4 Å². The van der Waals surface area contributed by atoms with Crippen LogP contribution in [0.5, 0.6) is 17.2 Å². The molecule has 2 heterocycles. The fraction of sp³-hybridized carbons (Fsp3) is 0.405. The molecule has 2 saturated heterocycles. The molecule has 1 amide bonds. The number of aliphatic hydroxyl groups excluding tert-OH is 1. The molecule has 5 rings (SSSR count). The van der Waals surface area contributed by atoms with E-state index in [-0.39, 0.29) is 11.3 Å². The van der Waals surface area contributed by atoms with Crippen molar-refractivity contribution in [2.24, 2.45) is 0 Å². The number of hydrogen-bond donors (Lipinski definition) is 1.